The third-order valence-corrected chi connectivity index (χ3v) is 3.31. The molecular formula is C15H16F2N4S. The van der Waals surface area contributed by atoms with Crippen LogP contribution >= 0.6 is 12.2 Å². The van der Waals surface area contributed by atoms with Gasteiger partial charge < -0.3 is 10.6 Å². The van der Waals surface area contributed by atoms with E-state index in [0.717, 1.165) is 18.1 Å². The van der Waals surface area contributed by atoms with Crippen LogP contribution in [0, 0.1) is 11.6 Å². The molecule has 0 amide bonds. The molecule has 2 heterocycles. The lowest BCUT2D eigenvalue weighted by Crippen LogP contribution is -2.31. The minimum absolute atomic E-state index is 0.0717. The van der Waals surface area contributed by atoms with Gasteiger partial charge in [0.1, 0.15) is 5.82 Å². The fourth-order valence-corrected chi connectivity index (χ4v) is 2.12. The summed E-state index contributed by atoms with van der Waals surface area (Å²) in [6.07, 6.45) is 3.98. The number of nitrogens with one attached hydrogen (secondary N) is 2. The molecule has 22 heavy (non-hydrogen) atoms. The van der Waals surface area contributed by atoms with Crippen LogP contribution in [0.1, 0.15) is 18.2 Å². The van der Waals surface area contributed by atoms with Gasteiger partial charge in [-0.2, -0.15) is 0 Å². The van der Waals surface area contributed by atoms with Crippen molar-refractivity contribution in [2.75, 3.05) is 11.9 Å². The van der Waals surface area contributed by atoms with E-state index in [-0.39, 0.29) is 12.1 Å². The third-order valence-electron chi connectivity index (χ3n) is 3.07. The number of nitrogens with zero attached hydrogens (tertiary/aromatic N) is 2. The Hall–Kier alpha value is -2.15. The molecule has 0 aliphatic heterocycles. The topological polar surface area (TPSA) is 49.8 Å². The average Bonchev–Trinajstić information content (AvgIpc) is 2.52. The molecule has 0 aliphatic rings. The first kappa shape index (κ1) is 16.2. The highest BCUT2D eigenvalue weighted by molar-refractivity contribution is 7.80. The molecule has 4 nitrogen and oxygen atoms in total. The largest absolute Gasteiger partial charge is 0.362 e. The van der Waals surface area contributed by atoms with Crippen molar-refractivity contribution in [3.63, 3.8) is 0 Å². The second-order valence-corrected chi connectivity index (χ2v) is 4.96. The molecule has 0 spiro atoms. The minimum Gasteiger partial charge on any atom is -0.362 e. The Morgan fingerprint density at radius 2 is 2.05 bits per heavy atom. The van der Waals surface area contributed by atoms with Crippen molar-refractivity contribution in [1.29, 1.82) is 0 Å². The maximum absolute atomic E-state index is 13.4. The van der Waals surface area contributed by atoms with Crippen molar-refractivity contribution in [2.45, 2.75) is 19.8 Å². The van der Waals surface area contributed by atoms with Gasteiger partial charge in [-0.25, -0.2) is 13.8 Å². The highest BCUT2D eigenvalue weighted by Gasteiger charge is 2.09. The molecular weight excluding hydrogens is 306 g/mol. The van der Waals surface area contributed by atoms with Gasteiger partial charge in [0.2, 0.25) is 0 Å². The standard InChI is InChI=1S/C15H16F2N4S/c1-2-10-4-3-7-19-14(10)21-15(22)20-9-6-12-13(17)11(16)5-8-18-12/h3-5,7-8H,2,6,9H2,1H3,(H2,19,20,21,22). The Balaban J connectivity index is 1.87. The summed E-state index contributed by atoms with van der Waals surface area (Å²) in [5.74, 6) is -1.12. The second kappa shape index (κ2) is 7.74. The van der Waals surface area contributed by atoms with Crippen LogP contribution in [0.3, 0.4) is 0 Å². The summed E-state index contributed by atoms with van der Waals surface area (Å²) in [6, 6.07) is 4.81. The van der Waals surface area contributed by atoms with E-state index < -0.39 is 11.6 Å². The predicted molar refractivity (Wildman–Crippen MR) is 85.7 cm³/mol. The van der Waals surface area contributed by atoms with E-state index >= 15 is 0 Å². The highest BCUT2D eigenvalue weighted by atomic mass is 32.1. The van der Waals surface area contributed by atoms with Gasteiger partial charge in [0.25, 0.3) is 0 Å². The van der Waals surface area contributed by atoms with Crippen LogP contribution < -0.4 is 10.6 Å². The molecule has 0 aromatic carbocycles. The summed E-state index contributed by atoms with van der Waals surface area (Å²) in [4.78, 5) is 8.04. The zero-order valence-corrected chi connectivity index (χ0v) is 12.9. The van der Waals surface area contributed by atoms with E-state index in [0.29, 0.717) is 17.5 Å². The van der Waals surface area contributed by atoms with Gasteiger partial charge in [-0.3, -0.25) is 4.98 Å². The van der Waals surface area contributed by atoms with Crippen LogP contribution in [0.2, 0.25) is 0 Å². The summed E-state index contributed by atoms with van der Waals surface area (Å²) < 4.78 is 26.5. The van der Waals surface area contributed by atoms with E-state index in [4.69, 9.17) is 12.2 Å². The average molecular weight is 322 g/mol. The molecule has 2 aromatic rings. The zero-order chi connectivity index (χ0) is 15.9. The molecule has 7 heteroatoms. The van der Waals surface area contributed by atoms with Crippen molar-refractivity contribution in [1.82, 2.24) is 15.3 Å². The SMILES string of the molecule is CCc1cccnc1NC(=S)NCCc1nccc(F)c1F. The molecule has 0 radical (unpaired) electrons. The number of pyridine rings is 2. The first-order valence-corrected chi connectivity index (χ1v) is 7.30. The summed E-state index contributed by atoms with van der Waals surface area (Å²) >= 11 is 5.17. The number of anilines is 1. The number of thiocarbonyl (C=S) groups is 1. The van der Waals surface area contributed by atoms with E-state index in [1.54, 1.807) is 6.20 Å². The van der Waals surface area contributed by atoms with Gasteiger partial charge in [-0.1, -0.05) is 13.0 Å². The van der Waals surface area contributed by atoms with Gasteiger partial charge >= 0.3 is 0 Å². The molecule has 2 N–H and O–H groups in total. The van der Waals surface area contributed by atoms with Crippen molar-refractivity contribution in [3.05, 3.63) is 53.5 Å². The third kappa shape index (κ3) is 4.17. The number of hydrogen-bond acceptors (Lipinski definition) is 3. The van der Waals surface area contributed by atoms with Crippen molar-refractivity contribution in [2.24, 2.45) is 0 Å². The number of aromatic nitrogens is 2. The number of aryl methyl sites for hydroxylation is 1. The van der Waals surface area contributed by atoms with E-state index in [2.05, 4.69) is 20.6 Å². The lowest BCUT2D eigenvalue weighted by atomic mass is 10.2. The number of halogens is 2. The van der Waals surface area contributed by atoms with E-state index in [1.165, 1.54) is 6.20 Å². The van der Waals surface area contributed by atoms with Crippen LogP contribution in [0.5, 0.6) is 0 Å². The molecule has 0 fully saturated rings. The first-order chi connectivity index (χ1) is 10.6. The zero-order valence-electron chi connectivity index (χ0n) is 12.1. The minimum atomic E-state index is -0.916. The molecule has 0 saturated heterocycles. The van der Waals surface area contributed by atoms with Crippen LogP contribution in [-0.2, 0) is 12.8 Å². The van der Waals surface area contributed by atoms with Gasteiger partial charge in [-0.15, -0.1) is 0 Å². The summed E-state index contributed by atoms with van der Waals surface area (Å²) in [5.41, 5.74) is 1.12. The Morgan fingerprint density at radius 1 is 1.23 bits per heavy atom. The fourth-order valence-electron chi connectivity index (χ4n) is 1.92. The Morgan fingerprint density at radius 3 is 2.82 bits per heavy atom. The first-order valence-electron chi connectivity index (χ1n) is 6.89. The normalized spacial score (nSPS) is 10.3. The van der Waals surface area contributed by atoms with Gasteiger partial charge in [0, 0.05) is 25.4 Å². The molecule has 0 aliphatic carbocycles. The lowest BCUT2D eigenvalue weighted by Gasteiger charge is -2.12. The second-order valence-electron chi connectivity index (χ2n) is 4.55. The van der Waals surface area contributed by atoms with Crippen LogP contribution in [0.4, 0.5) is 14.6 Å². The molecule has 2 rings (SSSR count). The summed E-state index contributed by atoms with van der Waals surface area (Å²) in [6.45, 7) is 2.37. The fraction of sp³-hybridized carbons (Fsp3) is 0.267. The lowest BCUT2D eigenvalue weighted by molar-refractivity contribution is 0.491. The Bertz CT molecular complexity index is 664. The monoisotopic (exact) mass is 322 g/mol. The van der Waals surface area contributed by atoms with Gasteiger partial charge in [0.15, 0.2) is 16.7 Å². The molecule has 2 aromatic heterocycles. The molecule has 0 unspecified atom stereocenters. The van der Waals surface area contributed by atoms with Crippen molar-refractivity contribution >= 4 is 23.1 Å². The van der Waals surface area contributed by atoms with Crippen LogP contribution in [0.25, 0.3) is 0 Å². The van der Waals surface area contributed by atoms with E-state index in [1.807, 2.05) is 19.1 Å². The molecule has 0 atom stereocenters. The Labute approximate surface area is 133 Å². The summed E-state index contributed by atoms with van der Waals surface area (Å²) in [7, 11) is 0. The van der Waals surface area contributed by atoms with Gasteiger partial charge in [0.05, 0.1) is 5.69 Å². The maximum atomic E-state index is 13.4. The Kier molecular flexibility index (Phi) is 5.71. The van der Waals surface area contributed by atoms with E-state index in [9.17, 15) is 8.78 Å². The molecule has 0 bridgehead atoms. The molecule has 116 valence electrons. The number of hydrogen-bond donors (Lipinski definition) is 2. The van der Waals surface area contributed by atoms with Crippen LogP contribution in [0.15, 0.2) is 30.6 Å². The predicted octanol–water partition coefficient (Wildman–Crippen LogP) is 2.85. The van der Waals surface area contributed by atoms with Gasteiger partial charge in [-0.05, 0) is 36.3 Å². The van der Waals surface area contributed by atoms with Crippen molar-refractivity contribution < 1.29 is 8.78 Å². The maximum Gasteiger partial charge on any atom is 0.180 e. The smallest absolute Gasteiger partial charge is 0.180 e. The van der Waals surface area contributed by atoms with Crippen LogP contribution in [-0.4, -0.2) is 21.6 Å². The van der Waals surface area contributed by atoms with Crippen molar-refractivity contribution in [3.8, 4) is 0 Å². The number of rotatable bonds is 5. The quantitative estimate of drug-likeness (QED) is 0.829. The highest BCUT2D eigenvalue weighted by Crippen LogP contribution is 2.11. The molecule has 0 saturated carbocycles. The summed E-state index contributed by atoms with van der Waals surface area (Å²) in [5, 5.41) is 6.30.